The van der Waals surface area contributed by atoms with Gasteiger partial charge in [0.1, 0.15) is 0 Å². The van der Waals surface area contributed by atoms with Gasteiger partial charge in [-0.3, -0.25) is 9.59 Å². The fraction of sp³-hybridized carbons (Fsp3) is 0.625. The average molecular weight is 426 g/mol. The minimum Gasteiger partial charge on any atom is -0.356 e. The van der Waals surface area contributed by atoms with E-state index in [9.17, 15) is 9.59 Å². The minimum atomic E-state index is 0.0457. The summed E-state index contributed by atoms with van der Waals surface area (Å²) in [7, 11) is 2.15. The van der Waals surface area contributed by atoms with Gasteiger partial charge in [0.15, 0.2) is 0 Å². The van der Waals surface area contributed by atoms with Gasteiger partial charge in [-0.2, -0.15) is 0 Å². The Labute approximate surface area is 184 Å². The number of likely N-dealkylation sites (tertiary alicyclic amines) is 2. The first-order valence-electron chi connectivity index (χ1n) is 11.7. The number of aromatic nitrogens is 2. The zero-order chi connectivity index (χ0) is 21.8. The molecule has 168 valence electrons. The summed E-state index contributed by atoms with van der Waals surface area (Å²) in [5.41, 5.74) is 2.59. The van der Waals surface area contributed by atoms with Crippen LogP contribution in [0.1, 0.15) is 49.4 Å². The summed E-state index contributed by atoms with van der Waals surface area (Å²) in [6, 6.07) is 5.77. The maximum absolute atomic E-state index is 13.1. The van der Waals surface area contributed by atoms with Crippen molar-refractivity contribution in [3.8, 4) is 0 Å². The highest BCUT2D eigenvalue weighted by molar-refractivity contribution is 5.97. The lowest BCUT2D eigenvalue weighted by molar-refractivity contribution is -0.122. The quantitative estimate of drug-likeness (QED) is 0.773. The maximum Gasteiger partial charge on any atom is 0.253 e. The van der Waals surface area contributed by atoms with Crippen LogP contribution in [0, 0.1) is 11.8 Å². The molecule has 0 bridgehead atoms. The van der Waals surface area contributed by atoms with Gasteiger partial charge < -0.3 is 19.7 Å². The van der Waals surface area contributed by atoms with Crippen molar-refractivity contribution in [2.24, 2.45) is 11.8 Å². The number of hydrogen-bond donors (Lipinski definition) is 1. The Hall–Kier alpha value is -2.41. The van der Waals surface area contributed by atoms with Crippen LogP contribution >= 0.6 is 0 Å². The van der Waals surface area contributed by atoms with E-state index < -0.39 is 0 Å². The van der Waals surface area contributed by atoms with Crippen molar-refractivity contribution >= 4 is 22.8 Å². The van der Waals surface area contributed by atoms with E-state index in [1.54, 1.807) is 0 Å². The van der Waals surface area contributed by atoms with Crippen LogP contribution in [0.5, 0.6) is 0 Å². The summed E-state index contributed by atoms with van der Waals surface area (Å²) < 4.78 is 2.07. The van der Waals surface area contributed by atoms with Gasteiger partial charge in [-0.1, -0.05) is 0 Å². The van der Waals surface area contributed by atoms with Crippen molar-refractivity contribution in [2.45, 2.75) is 45.6 Å². The molecule has 0 spiro atoms. The number of rotatable bonds is 6. The van der Waals surface area contributed by atoms with Crippen molar-refractivity contribution in [3.63, 3.8) is 0 Å². The molecule has 1 atom stereocenters. The van der Waals surface area contributed by atoms with Crippen LogP contribution in [0.15, 0.2) is 24.5 Å². The van der Waals surface area contributed by atoms with Gasteiger partial charge in [-0.15, -0.1) is 0 Å². The molecule has 1 N–H and O–H groups in total. The van der Waals surface area contributed by atoms with E-state index in [-0.39, 0.29) is 17.7 Å². The monoisotopic (exact) mass is 425 g/mol. The normalized spacial score (nSPS) is 20.8. The van der Waals surface area contributed by atoms with Crippen molar-refractivity contribution in [2.75, 3.05) is 39.8 Å². The number of amides is 2. The lowest BCUT2D eigenvalue weighted by Crippen LogP contribution is -2.42. The number of nitrogens with zero attached hydrogens (tertiary/aromatic N) is 4. The first-order valence-corrected chi connectivity index (χ1v) is 11.7. The smallest absolute Gasteiger partial charge is 0.253 e. The molecule has 3 heterocycles. The van der Waals surface area contributed by atoms with Crippen LogP contribution in [0.4, 0.5) is 0 Å². The fourth-order valence-corrected chi connectivity index (χ4v) is 4.91. The van der Waals surface area contributed by atoms with Crippen molar-refractivity contribution in [3.05, 3.63) is 30.1 Å². The lowest BCUT2D eigenvalue weighted by Gasteiger charge is -2.33. The van der Waals surface area contributed by atoms with Crippen LogP contribution in [0.3, 0.4) is 0 Å². The Morgan fingerprint density at radius 3 is 2.71 bits per heavy atom. The maximum atomic E-state index is 13.1. The summed E-state index contributed by atoms with van der Waals surface area (Å²) in [6.45, 7) is 7.37. The summed E-state index contributed by atoms with van der Waals surface area (Å²) in [6.07, 6.45) is 6.60. The van der Waals surface area contributed by atoms with Gasteiger partial charge in [-0.25, -0.2) is 4.98 Å². The molecule has 4 rings (SSSR count). The third-order valence-corrected chi connectivity index (χ3v) is 6.92. The third kappa shape index (κ3) is 5.26. The summed E-state index contributed by atoms with van der Waals surface area (Å²) in [5, 5.41) is 3.15. The zero-order valence-corrected chi connectivity index (χ0v) is 18.8. The number of fused-ring (bicyclic) bond motifs is 1. The van der Waals surface area contributed by atoms with Crippen LogP contribution in [-0.4, -0.2) is 70.9 Å². The lowest BCUT2D eigenvalue weighted by atomic mass is 9.93. The number of hydrogen-bond acceptors (Lipinski definition) is 4. The molecular formula is C24H35N5O2. The van der Waals surface area contributed by atoms with Crippen molar-refractivity contribution < 1.29 is 9.59 Å². The Morgan fingerprint density at radius 2 is 1.94 bits per heavy atom. The Morgan fingerprint density at radius 1 is 1.13 bits per heavy atom. The Kier molecular flexibility index (Phi) is 6.90. The van der Waals surface area contributed by atoms with Crippen molar-refractivity contribution in [1.82, 2.24) is 24.7 Å². The topological polar surface area (TPSA) is 70.5 Å². The van der Waals surface area contributed by atoms with E-state index in [1.807, 2.05) is 29.4 Å². The SMILES string of the molecule is CCn1cnc2cc(C(=O)N3CCCC(CC(=O)NCC4CCN(C)CC4)C3)ccc21. The Balaban J connectivity index is 1.29. The first-order chi connectivity index (χ1) is 15.0. The molecular weight excluding hydrogens is 390 g/mol. The Bertz CT molecular complexity index is 916. The highest BCUT2D eigenvalue weighted by atomic mass is 16.2. The number of carbonyl (C=O) groups excluding carboxylic acids is 2. The highest BCUT2D eigenvalue weighted by Gasteiger charge is 2.27. The van der Waals surface area contributed by atoms with Gasteiger partial charge in [0.2, 0.25) is 5.91 Å². The molecule has 2 aliphatic rings. The van der Waals surface area contributed by atoms with E-state index in [1.165, 1.54) is 0 Å². The molecule has 0 aliphatic carbocycles. The van der Waals surface area contributed by atoms with Crippen LogP contribution < -0.4 is 5.32 Å². The number of piperidine rings is 2. The molecule has 0 radical (unpaired) electrons. The number of imidazole rings is 1. The molecule has 2 fully saturated rings. The summed E-state index contributed by atoms with van der Waals surface area (Å²) >= 11 is 0. The van der Waals surface area contributed by atoms with E-state index >= 15 is 0 Å². The largest absolute Gasteiger partial charge is 0.356 e. The predicted molar refractivity (Wildman–Crippen MR) is 122 cm³/mol. The number of benzene rings is 1. The molecule has 2 amide bonds. The molecule has 2 saturated heterocycles. The van der Waals surface area contributed by atoms with Gasteiger partial charge in [0, 0.05) is 38.2 Å². The average Bonchev–Trinajstić information content (AvgIpc) is 3.21. The van der Waals surface area contributed by atoms with Crippen molar-refractivity contribution in [1.29, 1.82) is 0 Å². The second-order valence-corrected chi connectivity index (χ2v) is 9.25. The van der Waals surface area contributed by atoms with Crippen LogP contribution in [0.25, 0.3) is 11.0 Å². The second kappa shape index (κ2) is 9.81. The highest BCUT2D eigenvalue weighted by Crippen LogP contribution is 2.23. The summed E-state index contributed by atoms with van der Waals surface area (Å²) in [4.78, 5) is 34.3. The van der Waals surface area contributed by atoms with E-state index in [2.05, 4.69) is 33.7 Å². The standard InChI is InChI=1S/C24H35N5O2/c1-3-28-17-26-21-14-20(6-7-22(21)28)24(31)29-10-4-5-19(16-29)13-23(30)25-15-18-8-11-27(2)12-9-18/h6-7,14,17-19H,3-5,8-13,15-16H2,1-2H3,(H,25,30). The predicted octanol–water partition coefficient (Wildman–Crippen LogP) is 2.76. The van der Waals surface area contributed by atoms with Crippen LogP contribution in [-0.2, 0) is 11.3 Å². The fourth-order valence-electron chi connectivity index (χ4n) is 4.91. The van der Waals surface area contributed by atoms with Gasteiger partial charge >= 0.3 is 0 Å². The summed E-state index contributed by atoms with van der Waals surface area (Å²) in [5.74, 6) is 1.00. The molecule has 1 aromatic heterocycles. The number of carbonyl (C=O) groups is 2. The molecule has 31 heavy (non-hydrogen) atoms. The number of nitrogens with one attached hydrogen (secondary N) is 1. The molecule has 7 heteroatoms. The zero-order valence-electron chi connectivity index (χ0n) is 18.8. The van der Waals surface area contributed by atoms with E-state index in [4.69, 9.17) is 0 Å². The third-order valence-electron chi connectivity index (χ3n) is 6.92. The minimum absolute atomic E-state index is 0.0457. The van der Waals surface area contributed by atoms with Gasteiger partial charge in [-0.05, 0) is 82.8 Å². The van der Waals surface area contributed by atoms with Crippen LogP contribution in [0.2, 0.25) is 0 Å². The van der Waals surface area contributed by atoms with E-state index in [0.717, 1.165) is 69.4 Å². The number of aryl methyl sites for hydroxylation is 1. The van der Waals surface area contributed by atoms with Gasteiger partial charge in [0.05, 0.1) is 17.4 Å². The second-order valence-electron chi connectivity index (χ2n) is 9.25. The molecule has 1 unspecified atom stereocenters. The molecule has 2 aromatic rings. The molecule has 0 saturated carbocycles. The molecule has 2 aliphatic heterocycles. The molecule has 7 nitrogen and oxygen atoms in total. The van der Waals surface area contributed by atoms with E-state index in [0.29, 0.717) is 24.4 Å². The van der Waals surface area contributed by atoms with Gasteiger partial charge in [0.25, 0.3) is 5.91 Å². The molecule has 1 aromatic carbocycles. The first kappa shape index (κ1) is 21.8.